The number of hydrazone groups is 1. The van der Waals surface area contributed by atoms with Gasteiger partial charge in [0, 0.05) is 24.4 Å². The number of aromatic nitrogens is 2. The molecule has 4 rings (SSSR count). The molecule has 0 fully saturated rings. The largest absolute Gasteiger partial charge is 0.253 e. The van der Waals surface area contributed by atoms with Crippen molar-refractivity contribution < 1.29 is 8.42 Å². The van der Waals surface area contributed by atoms with E-state index in [1.165, 1.54) is 10.7 Å². The second-order valence-corrected chi connectivity index (χ2v) is 8.26. The predicted molar refractivity (Wildman–Crippen MR) is 101 cm³/mol. The minimum absolute atomic E-state index is 0.383. The Balaban J connectivity index is 1.79. The maximum Gasteiger partial charge on any atom is 0.247 e. The number of hydrogen-bond acceptors (Lipinski definition) is 5. The fourth-order valence-electron chi connectivity index (χ4n) is 3.29. The standard InChI is InChI=1S/C19H18N4O2S/c1-13-5-3-4-6-15(13)17-12-19(23(22-17)26(2,24)25)14-7-8-16-18(11-14)21-10-9-20-16/h3-11,19H,12H2,1-2H3/t19-/m0/s1. The van der Waals surface area contributed by atoms with Crippen LogP contribution in [-0.4, -0.2) is 34.8 Å². The van der Waals surface area contributed by atoms with Crippen molar-refractivity contribution in [1.29, 1.82) is 0 Å². The molecule has 0 radical (unpaired) electrons. The predicted octanol–water partition coefficient (Wildman–Crippen LogP) is 3.05. The van der Waals surface area contributed by atoms with Gasteiger partial charge in [-0.05, 0) is 30.2 Å². The van der Waals surface area contributed by atoms with Gasteiger partial charge in [-0.3, -0.25) is 9.97 Å². The molecular formula is C19H18N4O2S. The number of sulfonamides is 1. The van der Waals surface area contributed by atoms with Gasteiger partial charge in [-0.15, -0.1) is 0 Å². The molecule has 0 bridgehead atoms. The van der Waals surface area contributed by atoms with E-state index in [0.717, 1.165) is 33.4 Å². The first-order valence-electron chi connectivity index (χ1n) is 8.27. The van der Waals surface area contributed by atoms with Gasteiger partial charge in [-0.1, -0.05) is 30.3 Å². The van der Waals surface area contributed by atoms with Crippen molar-refractivity contribution in [2.75, 3.05) is 6.26 Å². The first kappa shape index (κ1) is 16.7. The summed E-state index contributed by atoms with van der Waals surface area (Å²) in [6.45, 7) is 2.00. The maximum absolute atomic E-state index is 12.3. The molecule has 0 saturated heterocycles. The zero-order valence-electron chi connectivity index (χ0n) is 14.5. The molecule has 26 heavy (non-hydrogen) atoms. The van der Waals surface area contributed by atoms with E-state index in [1.54, 1.807) is 12.4 Å². The topological polar surface area (TPSA) is 75.5 Å². The Labute approximate surface area is 152 Å². The number of aryl methyl sites for hydroxylation is 1. The van der Waals surface area contributed by atoms with Crippen molar-refractivity contribution >= 4 is 26.8 Å². The van der Waals surface area contributed by atoms with Crippen LogP contribution in [0.1, 0.15) is 29.2 Å². The van der Waals surface area contributed by atoms with Crippen LogP contribution in [0.2, 0.25) is 0 Å². The first-order chi connectivity index (χ1) is 12.4. The quantitative estimate of drug-likeness (QED) is 0.714. The van der Waals surface area contributed by atoms with Crippen molar-refractivity contribution in [3.8, 4) is 0 Å². The highest BCUT2D eigenvalue weighted by Gasteiger charge is 2.34. The summed E-state index contributed by atoms with van der Waals surface area (Å²) in [7, 11) is -3.50. The van der Waals surface area contributed by atoms with Crippen LogP contribution in [-0.2, 0) is 10.0 Å². The molecule has 0 amide bonds. The summed E-state index contributed by atoms with van der Waals surface area (Å²) >= 11 is 0. The van der Waals surface area contributed by atoms with E-state index in [2.05, 4.69) is 15.1 Å². The molecule has 1 aliphatic heterocycles. The zero-order chi connectivity index (χ0) is 18.3. The highest BCUT2D eigenvalue weighted by molar-refractivity contribution is 7.88. The minimum Gasteiger partial charge on any atom is -0.253 e. The van der Waals surface area contributed by atoms with Crippen LogP contribution in [0.25, 0.3) is 11.0 Å². The van der Waals surface area contributed by atoms with Crippen LogP contribution in [0.15, 0.2) is 60.0 Å². The smallest absolute Gasteiger partial charge is 0.247 e. The highest BCUT2D eigenvalue weighted by atomic mass is 32.2. The number of hydrogen-bond donors (Lipinski definition) is 0. The molecule has 3 aromatic rings. The second-order valence-electron chi connectivity index (χ2n) is 6.42. The molecular weight excluding hydrogens is 348 g/mol. The molecule has 132 valence electrons. The zero-order valence-corrected chi connectivity index (χ0v) is 15.3. The van der Waals surface area contributed by atoms with Gasteiger partial charge in [0.25, 0.3) is 0 Å². The third kappa shape index (κ3) is 2.94. The molecule has 2 aromatic carbocycles. The molecule has 1 aromatic heterocycles. The molecule has 0 unspecified atom stereocenters. The molecule has 1 aliphatic rings. The Hall–Kier alpha value is -2.80. The van der Waals surface area contributed by atoms with Gasteiger partial charge in [-0.2, -0.15) is 9.52 Å². The SMILES string of the molecule is Cc1ccccc1C1=NN(S(C)(=O)=O)[C@H](c2ccc3nccnc3c2)C1. The number of benzene rings is 2. The number of nitrogens with zero attached hydrogens (tertiary/aromatic N) is 4. The van der Waals surface area contributed by atoms with E-state index in [9.17, 15) is 8.42 Å². The van der Waals surface area contributed by atoms with Crippen LogP contribution in [0.4, 0.5) is 0 Å². The Morgan fingerprint density at radius 1 is 1.04 bits per heavy atom. The Bertz CT molecular complexity index is 1130. The Morgan fingerprint density at radius 2 is 1.77 bits per heavy atom. The minimum atomic E-state index is -3.50. The van der Waals surface area contributed by atoms with Gasteiger partial charge in [0.1, 0.15) is 0 Å². The average molecular weight is 366 g/mol. The molecule has 0 saturated carbocycles. The van der Waals surface area contributed by atoms with Crippen LogP contribution in [0.3, 0.4) is 0 Å². The lowest BCUT2D eigenvalue weighted by Gasteiger charge is -2.21. The van der Waals surface area contributed by atoms with Crippen molar-refractivity contribution in [3.05, 3.63) is 71.5 Å². The Kier molecular flexibility index (Phi) is 3.96. The molecule has 7 heteroatoms. The van der Waals surface area contributed by atoms with Crippen LogP contribution < -0.4 is 0 Å². The van der Waals surface area contributed by atoms with Crippen molar-refractivity contribution in [3.63, 3.8) is 0 Å². The summed E-state index contributed by atoms with van der Waals surface area (Å²) in [6.07, 6.45) is 4.97. The molecule has 1 atom stereocenters. The van der Waals surface area contributed by atoms with E-state index in [4.69, 9.17) is 0 Å². The lowest BCUT2D eigenvalue weighted by atomic mass is 9.96. The monoisotopic (exact) mass is 366 g/mol. The van der Waals surface area contributed by atoms with Gasteiger partial charge in [0.2, 0.25) is 10.0 Å². The fraction of sp³-hybridized carbons (Fsp3) is 0.211. The summed E-state index contributed by atoms with van der Waals surface area (Å²) in [4.78, 5) is 8.59. The number of rotatable bonds is 3. The van der Waals surface area contributed by atoms with E-state index in [1.807, 2.05) is 49.4 Å². The van der Waals surface area contributed by atoms with E-state index < -0.39 is 10.0 Å². The fourth-order valence-corrected chi connectivity index (χ4v) is 4.19. The average Bonchev–Trinajstić information content (AvgIpc) is 3.07. The number of fused-ring (bicyclic) bond motifs is 1. The van der Waals surface area contributed by atoms with Gasteiger partial charge in [0.15, 0.2) is 0 Å². The summed E-state index contributed by atoms with van der Waals surface area (Å²) in [5.74, 6) is 0. The van der Waals surface area contributed by atoms with Crippen molar-refractivity contribution in [2.45, 2.75) is 19.4 Å². The van der Waals surface area contributed by atoms with Crippen molar-refractivity contribution in [1.82, 2.24) is 14.4 Å². The third-order valence-electron chi connectivity index (χ3n) is 4.55. The molecule has 0 spiro atoms. The van der Waals surface area contributed by atoms with Crippen LogP contribution in [0, 0.1) is 6.92 Å². The van der Waals surface area contributed by atoms with E-state index in [0.29, 0.717) is 6.42 Å². The molecule has 2 heterocycles. The van der Waals surface area contributed by atoms with Gasteiger partial charge in [0.05, 0.1) is 29.0 Å². The molecule has 0 N–H and O–H groups in total. The third-order valence-corrected chi connectivity index (χ3v) is 5.56. The molecule has 6 nitrogen and oxygen atoms in total. The van der Waals surface area contributed by atoms with E-state index in [-0.39, 0.29) is 6.04 Å². The summed E-state index contributed by atoms with van der Waals surface area (Å²) in [5, 5.41) is 4.45. The van der Waals surface area contributed by atoms with Gasteiger partial charge < -0.3 is 0 Å². The Morgan fingerprint density at radius 3 is 2.50 bits per heavy atom. The summed E-state index contributed by atoms with van der Waals surface area (Å²) < 4.78 is 25.9. The lowest BCUT2D eigenvalue weighted by Crippen LogP contribution is -2.25. The second kappa shape index (κ2) is 6.17. The maximum atomic E-state index is 12.3. The summed E-state index contributed by atoms with van der Waals surface area (Å²) in [6, 6.07) is 13.1. The lowest BCUT2D eigenvalue weighted by molar-refractivity contribution is 0.375. The first-order valence-corrected chi connectivity index (χ1v) is 10.1. The van der Waals surface area contributed by atoms with Gasteiger partial charge in [-0.25, -0.2) is 8.42 Å². The normalized spacial score (nSPS) is 17.5. The van der Waals surface area contributed by atoms with Crippen LogP contribution in [0.5, 0.6) is 0 Å². The highest BCUT2D eigenvalue weighted by Crippen LogP contribution is 2.35. The summed E-state index contributed by atoms with van der Waals surface area (Å²) in [5.41, 5.74) is 5.20. The van der Waals surface area contributed by atoms with Crippen LogP contribution >= 0.6 is 0 Å². The van der Waals surface area contributed by atoms with Crippen molar-refractivity contribution in [2.24, 2.45) is 5.10 Å². The molecule has 0 aliphatic carbocycles. The van der Waals surface area contributed by atoms with Gasteiger partial charge >= 0.3 is 0 Å². The van der Waals surface area contributed by atoms with E-state index >= 15 is 0 Å².